The van der Waals surface area contributed by atoms with Gasteiger partial charge in [0, 0.05) is 6.07 Å². The summed E-state index contributed by atoms with van der Waals surface area (Å²) in [6, 6.07) is 3.20. The van der Waals surface area contributed by atoms with Crippen LogP contribution in [-0.4, -0.2) is 12.6 Å². The quantitative estimate of drug-likeness (QED) is 0.304. The minimum absolute atomic E-state index is 0.00247. The first-order valence-corrected chi connectivity index (χ1v) is 10.5. The van der Waals surface area contributed by atoms with Crippen LogP contribution in [0.25, 0.3) is 0 Å². The Morgan fingerprint density at radius 2 is 1.59 bits per heavy atom. The zero-order chi connectivity index (χ0) is 20.8. The number of allylic oxidation sites excluding steroid dienone is 2. The van der Waals surface area contributed by atoms with Gasteiger partial charge in [-0.1, -0.05) is 31.9 Å². The fraction of sp³-hybridized carbons (Fsp3) is 0.609. The molecule has 0 N–H and O–H groups in total. The summed E-state index contributed by atoms with van der Waals surface area (Å²) < 4.78 is 47.4. The topological polar surface area (TPSA) is 35.5 Å². The molecule has 3 rings (SSSR count). The largest absolute Gasteiger partial charge is 0.432 e. The number of carbonyl (C=O) groups excluding carboxylic acids is 1. The van der Waals surface area contributed by atoms with Crippen molar-refractivity contribution in [1.82, 2.24) is 0 Å². The van der Waals surface area contributed by atoms with E-state index in [4.69, 9.17) is 4.74 Å². The average Bonchev–Trinajstić information content (AvgIpc) is 2.70. The first-order valence-electron chi connectivity index (χ1n) is 10.5. The maximum atomic E-state index is 13.8. The lowest BCUT2D eigenvalue weighted by atomic mass is 9.79. The second-order valence-electron chi connectivity index (χ2n) is 8.41. The van der Waals surface area contributed by atoms with Crippen LogP contribution in [0.4, 0.5) is 13.2 Å². The van der Waals surface area contributed by atoms with E-state index in [1.165, 1.54) is 31.7 Å². The van der Waals surface area contributed by atoms with Crippen LogP contribution >= 0.6 is 0 Å². The zero-order valence-corrected chi connectivity index (χ0v) is 16.8. The second kappa shape index (κ2) is 10.2. The van der Waals surface area contributed by atoms with Crippen LogP contribution < -0.4 is 9.47 Å². The summed E-state index contributed by atoms with van der Waals surface area (Å²) >= 11 is 0. The molecule has 0 amide bonds. The summed E-state index contributed by atoms with van der Waals surface area (Å²) in [7, 11) is 0. The standard InChI is InChI=1S/C23H29F3O3/c1-15-2-4-16(5-3-15)6-7-17-8-10-18(11-9-17)22(27)28-19-12-13-21(20(24)14-19)29-23(25)26/h6-7,12-18,23H,2-5,8-11H2,1H3/b7-6+. The van der Waals surface area contributed by atoms with Gasteiger partial charge in [0.2, 0.25) is 0 Å². The number of hydrogen-bond acceptors (Lipinski definition) is 3. The van der Waals surface area contributed by atoms with Gasteiger partial charge in [-0.3, -0.25) is 4.79 Å². The van der Waals surface area contributed by atoms with E-state index in [-0.39, 0.29) is 11.7 Å². The number of carbonyl (C=O) groups is 1. The molecule has 2 aliphatic carbocycles. The maximum absolute atomic E-state index is 13.8. The summed E-state index contributed by atoms with van der Waals surface area (Å²) in [4.78, 5) is 12.4. The molecule has 2 fully saturated rings. The molecule has 0 atom stereocenters. The number of benzene rings is 1. The lowest BCUT2D eigenvalue weighted by Gasteiger charge is -2.27. The van der Waals surface area contributed by atoms with E-state index in [9.17, 15) is 18.0 Å². The van der Waals surface area contributed by atoms with Gasteiger partial charge in [-0.2, -0.15) is 8.78 Å². The van der Waals surface area contributed by atoms with Crippen LogP contribution in [0.1, 0.15) is 58.3 Å². The highest BCUT2D eigenvalue weighted by atomic mass is 19.3. The Balaban J connectivity index is 1.44. The van der Waals surface area contributed by atoms with Crippen molar-refractivity contribution in [3.8, 4) is 11.5 Å². The van der Waals surface area contributed by atoms with Gasteiger partial charge in [0.15, 0.2) is 11.6 Å². The van der Waals surface area contributed by atoms with E-state index in [0.29, 0.717) is 11.8 Å². The Hall–Kier alpha value is -1.98. The highest BCUT2D eigenvalue weighted by molar-refractivity contribution is 5.75. The van der Waals surface area contributed by atoms with Crippen molar-refractivity contribution < 1.29 is 27.4 Å². The molecule has 2 saturated carbocycles. The second-order valence-corrected chi connectivity index (χ2v) is 8.41. The molecule has 0 unspecified atom stereocenters. The van der Waals surface area contributed by atoms with Gasteiger partial charge in [0.05, 0.1) is 5.92 Å². The Labute approximate surface area is 170 Å². The number of alkyl halides is 2. The van der Waals surface area contributed by atoms with Crippen molar-refractivity contribution in [2.45, 2.75) is 64.9 Å². The Kier molecular flexibility index (Phi) is 7.62. The van der Waals surface area contributed by atoms with Crippen LogP contribution in [0.2, 0.25) is 0 Å². The molecule has 3 nitrogen and oxygen atoms in total. The van der Waals surface area contributed by atoms with E-state index in [1.54, 1.807) is 0 Å². The molecule has 0 radical (unpaired) electrons. The van der Waals surface area contributed by atoms with Gasteiger partial charge in [0.25, 0.3) is 0 Å². The van der Waals surface area contributed by atoms with Crippen molar-refractivity contribution in [3.63, 3.8) is 0 Å². The van der Waals surface area contributed by atoms with E-state index >= 15 is 0 Å². The predicted molar refractivity (Wildman–Crippen MR) is 104 cm³/mol. The van der Waals surface area contributed by atoms with Crippen LogP contribution in [-0.2, 0) is 4.79 Å². The molecule has 0 aromatic heterocycles. The van der Waals surface area contributed by atoms with Crippen molar-refractivity contribution in [3.05, 3.63) is 36.2 Å². The van der Waals surface area contributed by atoms with Crippen LogP contribution in [0, 0.1) is 29.5 Å². The molecule has 29 heavy (non-hydrogen) atoms. The zero-order valence-electron chi connectivity index (χ0n) is 16.8. The highest BCUT2D eigenvalue weighted by Gasteiger charge is 2.27. The van der Waals surface area contributed by atoms with E-state index in [1.807, 2.05) is 0 Å². The van der Waals surface area contributed by atoms with Gasteiger partial charge >= 0.3 is 12.6 Å². The van der Waals surface area contributed by atoms with Gasteiger partial charge in [-0.15, -0.1) is 0 Å². The lowest BCUT2D eigenvalue weighted by Crippen LogP contribution is -2.25. The molecule has 1 aromatic rings. The molecule has 2 aliphatic rings. The SMILES string of the molecule is CC1CCC(/C=C/C2CCC(C(=O)Oc3ccc(OC(F)F)c(F)c3)CC2)CC1. The van der Waals surface area contributed by atoms with Crippen molar-refractivity contribution >= 4 is 5.97 Å². The van der Waals surface area contributed by atoms with Gasteiger partial charge in [-0.05, 0) is 68.4 Å². The molecule has 0 bridgehead atoms. The molecule has 0 heterocycles. The number of hydrogen-bond donors (Lipinski definition) is 0. The predicted octanol–water partition coefficient (Wildman–Crippen LogP) is 6.52. The molecule has 0 spiro atoms. The first-order chi connectivity index (χ1) is 13.9. The highest BCUT2D eigenvalue weighted by Crippen LogP contribution is 2.34. The van der Waals surface area contributed by atoms with E-state index in [2.05, 4.69) is 23.8 Å². The summed E-state index contributed by atoms with van der Waals surface area (Å²) in [5.74, 6) is -0.111. The Bertz CT molecular complexity index is 703. The summed E-state index contributed by atoms with van der Waals surface area (Å²) in [5.41, 5.74) is 0. The Morgan fingerprint density at radius 1 is 1.00 bits per heavy atom. The molecule has 6 heteroatoms. The average molecular weight is 410 g/mol. The third-order valence-corrected chi connectivity index (χ3v) is 6.16. The molecule has 0 saturated heterocycles. The smallest absolute Gasteiger partial charge is 0.387 e. The number of ether oxygens (including phenoxy) is 2. The Morgan fingerprint density at radius 3 is 2.14 bits per heavy atom. The van der Waals surface area contributed by atoms with Crippen molar-refractivity contribution in [2.75, 3.05) is 0 Å². The van der Waals surface area contributed by atoms with Gasteiger partial charge in [-0.25, -0.2) is 4.39 Å². The summed E-state index contributed by atoms with van der Waals surface area (Å²) in [5, 5.41) is 0. The monoisotopic (exact) mass is 410 g/mol. The number of halogens is 3. The van der Waals surface area contributed by atoms with Crippen LogP contribution in [0.3, 0.4) is 0 Å². The molecule has 1 aromatic carbocycles. The molecular formula is C23H29F3O3. The molecular weight excluding hydrogens is 381 g/mol. The lowest BCUT2D eigenvalue weighted by molar-refractivity contribution is -0.140. The summed E-state index contributed by atoms with van der Waals surface area (Å²) in [6.45, 7) is -0.788. The third kappa shape index (κ3) is 6.51. The minimum atomic E-state index is -3.11. The summed E-state index contributed by atoms with van der Waals surface area (Å²) in [6.07, 6.45) is 13.2. The molecule has 160 valence electrons. The fourth-order valence-electron chi connectivity index (χ4n) is 4.28. The van der Waals surface area contributed by atoms with E-state index < -0.39 is 24.1 Å². The third-order valence-electron chi connectivity index (χ3n) is 6.16. The van der Waals surface area contributed by atoms with Crippen LogP contribution in [0.15, 0.2) is 30.4 Å². The van der Waals surface area contributed by atoms with E-state index in [0.717, 1.165) is 43.7 Å². The fourth-order valence-corrected chi connectivity index (χ4v) is 4.28. The van der Waals surface area contributed by atoms with Crippen LogP contribution in [0.5, 0.6) is 11.5 Å². The normalized spacial score (nSPS) is 27.9. The molecule has 0 aliphatic heterocycles. The van der Waals surface area contributed by atoms with Crippen molar-refractivity contribution in [2.24, 2.45) is 23.7 Å². The first kappa shape index (κ1) is 21.7. The number of esters is 1. The number of rotatable bonds is 6. The van der Waals surface area contributed by atoms with Gasteiger partial charge < -0.3 is 9.47 Å². The minimum Gasteiger partial charge on any atom is -0.432 e. The van der Waals surface area contributed by atoms with Gasteiger partial charge in [0.1, 0.15) is 5.75 Å². The van der Waals surface area contributed by atoms with Crippen molar-refractivity contribution in [1.29, 1.82) is 0 Å². The maximum Gasteiger partial charge on any atom is 0.387 e.